The smallest absolute Gasteiger partial charge is 1.00 e. The summed E-state index contributed by atoms with van der Waals surface area (Å²) in [5.41, 5.74) is 0. The molecule has 0 aliphatic heterocycles. The van der Waals surface area contributed by atoms with Gasteiger partial charge in [0.05, 0.1) is 55.4 Å². The summed E-state index contributed by atoms with van der Waals surface area (Å²) in [6.45, 7) is 4.62. The summed E-state index contributed by atoms with van der Waals surface area (Å²) in [4.78, 5) is 34.0. The predicted octanol–water partition coefficient (Wildman–Crippen LogP) is 20.2. The molecule has 19 heteroatoms. The number of nitrogens with zero attached hydrogens (tertiary/aromatic N) is 3. The zero-order valence-corrected chi connectivity index (χ0v) is 71.7. The second-order valence-electron chi connectivity index (χ2n) is 28.3. The molecule has 0 amide bonds. The zero-order chi connectivity index (χ0) is 64.3. The first kappa shape index (κ1) is 121. The first-order valence-corrected chi connectivity index (χ1v) is 38.5. The van der Waals surface area contributed by atoms with Crippen LogP contribution in [0.5, 0.6) is 0 Å². The van der Waals surface area contributed by atoms with E-state index in [1.807, 2.05) is 26.0 Å². The Morgan fingerprint density at radius 2 is 0.581 bits per heavy atom. The molecule has 0 aromatic heterocycles. The van der Waals surface area contributed by atoms with Crippen LogP contribution in [0.3, 0.4) is 0 Å². The SMILES string of the molecule is C.C.C1CCCC1.C1CCCC1.CCO.CN(C)C.C[N+](C)(C)CCCC1CCCC1.C[N+](C)(C)CCCC1CCCC1.ClCCCC1CCCC1.ClCCCC1CCCC1.O=C(CCCl)C1CCCC1.O=C(CCCl)C1CCCC1.O=C(Cl)CCCl.[2HH].[B].[Fe].[Fe].[Fe].[Fe].[H-].[Na+]. The zero-order valence-electron chi connectivity index (χ0n) is 61.7. The molecule has 8 aliphatic rings. The van der Waals surface area contributed by atoms with Gasteiger partial charge in [-0.2, -0.15) is 0 Å². The predicted molar refractivity (Wildman–Crippen MR) is 404 cm³/mol. The molecule has 8 rings (SSSR count). The van der Waals surface area contributed by atoms with Crippen LogP contribution in [0.2, 0.25) is 0 Å². The maximum Gasteiger partial charge on any atom is 1.00 e. The number of ketones is 2. The first-order chi connectivity index (χ1) is 40.6. The second-order valence-corrected chi connectivity index (χ2v) is 30.6. The Kier molecular flexibility index (Phi) is 114. The normalized spacial score (nSPS) is 17.2. The van der Waals surface area contributed by atoms with Gasteiger partial charge in [-0.3, -0.25) is 14.4 Å². The quantitative estimate of drug-likeness (QED) is 0.0506. The Bertz CT molecular complexity index is 1330. The van der Waals surface area contributed by atoms with Crippen LogP contribution in [0.15, 0.2) is 0 Å². The molecule has 565 valence electrons. The maximum atomic E-state index is 11.2. The minimum absolute atomic E-state index is 0. The van der Waals surface area contributed by atoms with Crippen LogP contribution in [0.25, 0.3) is 0 Å². The molecule has 0 heterocycles. The Morgan fingerprint density at radius 3 is 0.731 bits per heavy atom. The van der Waals surface area contributed by atoms with E-state index >= 15 is 0 Å². The maximum absolute atomic E-state index is 11.2. The molecular weight excluding hydrogens is 1460 g/mol. The third kappa shape index (κ3) is 93.7. The van der Waals surface area contributed by atoms with Gasteiger partial charge in [0, 0.05) is 145 Å². The first-order valence-electron chi connectivity index (χ1n) is 35.5. The molecule has 8 saturated carbocycles. The van der Waals surface area contributed by atoms with E-state index < -0.39 is 0 Å². The molecule has 93 heavy (non-hydrogen) atoms. The minimum Gasteiger partial charge on any atom is -1.00 e. The number of halogens is 6. The number of rotatable bonds is 22. The van der Waals surface area contributed by atoms with Crippen molar-refractivity contribution in [3.8, 4) is 0 Å². The van der Waals surface area contributed by atoms with Crippen LogP contribution in [-0.2, 0) is 82.7 Å². The summed E-state index contributed by atoms with van der Waals surface area (Å²) < 4.78 is 2.26. The fraction of sp³-hybridized carbons (Fsp3) is 0.959. The van der Waals surface area contributed by atoms with Crippen molar-refractivity contribution in [2.75, 3.05) is 113 Å². The van der Waals surface area contributed by atoms with Crippen molar-refractivity contribution in [3.63, 3.8) is 0 Å². The van der Waals surface area contributed by atoms with Gasteiger partial charge in [-0.25, -0.2) is 0 Å². The Labute approximate surface area is 680 Å². The molecule has 8 fully saturated rings. The Hall–Kier alpha value is 3.73. The summed E-state index contributed by atoms with van der Waals surface area (Å²) >= 11 is 32.0. The fourth-order valence-corrected chi connectivity index (χ4v) is 13.6. The van der Waals surface area contributed by atoms with E-state index in [4.69, 9.17) is 74.7 Å². The Morgan fingerprint density at radius 1 is 0.398 bits per heavy atom. The van der Waals surface area contributed by atoms with Crippen LogP contribution in [0.4, 0.5) is 0 Å². The second kappa shape index (κ2) is 88.1. The number of Topliss-reactive ketones (excluding diaryl/α,β-unsaturated/α-hetero) is 2. The molecule has 0 saturated heterocycles. The van der Waals surface area contributed by atoms with Gasteiger partial charge in [0.1, 0.15) is 11.6 Å². The van der Waals surface area contributed by atoms with Gasteiger partial charge < -0.3 is 20.4 Å². The van der Waals surface area contributed by atoms with Gasteiger partial charge in [0.2, 0.25) is 5.24 Å². The fourth-order valence-electron chi connectivity index (χ4n) is 12.6. The van der Waals surface area contributed by atoms with Crippen molar-refractivity contribution in [1.29, 1.82) is 0 Å². The van der Waals surface area contributed by atoms with Crippen molar-refractivity contribution in [1.82, 2.24) is 4.90 Å². The van der Waals surface area contributed by atoms with E-state index in [-0.39, 0.29) is 142 Å². The third-order valence-corrected chi connectivity index (χ3v) is 18.7. The molecule has 0 spiro atoms. The number of hydrogen-bond donors (Lipinski definition) is 1. The van der Waals surface area contributed by atoms with Crippen molar-refractivity contribution in [3.05, 3.63) is 0 Å². The van der Waals surface area contributed by atoms with Gasteiger partial charge in [0.25, 0.3) is 0 Å². The van der Waals surface area contributed by atoms with Crippen LogP contribution in [0.1, 0.15) is 314 Å². The topological polar surface area (TPSA) is 74.7 Å². The molecule has 0 aromatic carbocycles. The van der Waals surface area contributed by atoms with Crippen molar-refractivity contribution >= 4 is 94.8 Å². The van der Waals surface area contributed by atoms with E-state index in [0.717, 1.165) is 70.1 Å². The van der Waals surface area contributed by atoms with Crippen molar-refractivity contribution < 1.29 is 129 Å². The summed E-state index contributed by atoms with van der Waals surface area (Å²) in [7, 11) is 19.7. The molecule has 1 N–H and O–H groups in total. The number of aliphatic hydroxyl groups is 1. The third-order valence-electron chi connectivity index (χ3n) is 17.4. The van der Waals surface area contributed by atoms with Crippen LogP contribution >= 0.6 is 69.6 Å². The standard InChI is InChI=1S/2C11H24N.2C8H13ClO.2C8H15Cl.2C5H10.C3H4Cl2O.C3H9N.C2H6O.2CH4.B.4Fe.Na.H2.H/c2*1-12(2,3)10-6-9-11-7-4-5-8-11;2*9-6-5-8(10)7-3-1-2-4-7;2*9-7-3-6-8-4-1-2-5-8;2*1-2-4-5-3-1;4-2-1-3(5)6;1-4(2)3;1-2-3;;;;;;;;;;/h2*11H,4-10H2,1-3H3;2*7H,1-6H2;2*8H,1-7H2;2*1-5H2;1-2H2;1-3H3;3H,2H2,1H3;2*1H4;;;;;;;1H;/q2*+1;;;;;;;;;;;;;;;;;+1;;-1/i;;;;;;;;;;;;;;;;;;;1+1;. The average Bonchev–Trinajstić information content (AvgIpc) is 2.75. The summed E-state index contributed by atoms with van der Waals surface area (Å²) in [6.07, 6.45) is 60.6. The number of carbonyl (C=O) groups is 3. The monoisotopic (exact) mass is 1620 g/mol. The molecule has 3 radical (unpaired) electrons. The molecule has 0 unspecified atom stereocenters. The van der Waals surface area contributed by atoms with E-state index in [1.54, 1.807) is 6.92 Å². The van der Waals surface area contributed by atoms with Crippen LogP contribution < -0.4 is 29.6 Å². The number of quaternary nitrogens is 2. The van der Waals surface area contributed by atoms with Crippen LogP contribution in [-0.4, -0.2) is 157 Å². The van der Waals surface area contributed by atoms with E-state index in [0.29, 0.717) is 53.9 Å². The van der Waals surface area contributed by atoms with Gasteiger partial charge in [-0.15, -0.1) is 58.0 Å². The molecule has 0 aromatic rings. The van der Waals surface area contributed by atoms with Gasteiger partial charge in [-0.1, -0.05) is 207 Å². The van der Waals surface area contributed by atoms with Crippen LogP contribution in [0, 0.1) is 35.5 Å². The summed E-state index contributed by atoms with van der Waals surface area (Å²) in [6, 6.07) is 0. The van der Waals surface area contributed by atoms with E-state index in [9.17, 15) is 14.4 Å². The minimum atomic E-state index is -0.370. The molecule has 8 aliphatic carbocycles. The van der Waals surface area contributed by atoms with Gasteiger partial charge in [-0.05, 0) is 140 Å². The summed E-state index contributed by atoms with van der Waals surface area (Å²) in [5, 5.41) is 7.20. The number of carbonyl (C=O) groups excluding carboxylic acids is 3. The van der Waals surface area contributed by atoms with Crippen molar-refractivity contribution in [2.24, 2.45) is 35.5 Å². The molecule has 7 nitrogen and oxygen atoms in total. The molecular formula is C74H154BCl6Fe4N3NaO4+2. The average molecular weight is 1620 g/mol. The number of alkyl halides is 5. The number of hydrogen-bond acceptors (Lipinski definition) is 5. The number of aliphatic hydroxyl groups excluding tert-OH is 1. The molecule has 0 bridgehead atoms. The van der Waals surface area contributed by atoms with Gasteiger partial charge in [0.15, 0.2) is 0 Å². The largest absolute Gasteiger partial charge is 1.00 e. The van der Waals surface area contributed by atoms with Crippen molar-refractivity contribution in [2.45, 2.75) is 311 Å². The molecule has 0 atom stereocenters. The van der Waals surface area contributed by atoms with E-state index in [1.165, 1.54) is 257 Å². The summed E-state index contributed by atoms with van der Waals surface area (Å²) in [5.74, 6) is 8.73. The van der Waals surface area contributed by atoms with Gasteiger partial charge >= 0.3 is 29.6 Å². The Balaban J connectivity index is -0.0000000712. The van der Waals surface area contributed by atoms with E-state index in [2.05, 4.69) is 42.3 Å².